The lowest BCUT2D eigenvalue weighted by atomic mass is 9.99. The summed E-state index contributed by atoms with van der Waals surface area (Å²) < 4.78 is 5.41. The zero-order valence-electron chi connectivity index (χ0n) is 16.7. The van der Waals surface area contributed by atoms with Crippen molar-refractivity contribution in [1.29, 1.82) is 0 Å². The molecule has 0 spiro atoms. The monoisotopic (exact) mass is 360 g/mol. The highest BCUT2D eigenvalue weighted by Gasteiger charge is 2.24. The molecule has 1 fully saturated rings. The smallest absolute Gasteiger partial charge is 0.253 e. The maximum atomic E-state index is 13.0. The summed E-state index contributed by atoms with van der Waals surface area (Å²) >= 11 is 0. The van der Waals surface area contributed by atoms with E-state index in [0.717, 1.165) is 24.3 Å². The van der Waals surface area contributed by atoms with Crippen molar-refractivity contribution >= 4 is 11.8 Å². The summed E-state index contributed by atoms with van der Waals surface area (Å²) in [6.07, 6.45) is 1.40. The molecule has 1 heterocycles. The van der Waals surface area contributed by atoms with Gasteiger partial charge in [0.05, 0.1) is 7.11 Å². The highest BCUT2D eigenvalue weighted by atomic mass is 16.5. The van der Waals surface area contributed by atoms with Gasteiger partial charge in [-0.1, -0.05) is 27.7 Å². The van der Waals surface area contributed by atoms with E-state index in [2.05, 4.69) is 27.7 Å². The van der Waals surface area contributed by atoms with E-state index in [-0.39, 0.29) is 17.7 Å². The number of hydrogen-bond donors (Lipinski definition) is 0. The Hall–Kier alpha value is -2.04. The van der Waals surface area contributed by atoms with Crippen molar-refractivity contribution in [2.75, 3.05) is 33.3 Å². The van der Waals surface area contributed by atoms with Gasteiger partial charge >= 0.3 is 0 Å². The second-order valence-corrected chi connectivity index (χ2v) is 7.74. The molecule has 1 aromatic rings. The molecule has 2 rings (SSSR count). The maximum Gasteiger partial charge on any atom is 0.253 e. The van der Waals surface area contributed by atoms with Crippen molar-refractivity contribution in [3.63, 3.8) is 0 Å². The first-order valence-corrected chi connectivity index (χ1v) is 9.58. The number of ether oxygens (including phenoxy) is 1. The first kappa shape index (κ1) is 20.3. The van der Waals surface area contributed by atoms with Crippen LogP contribution in [0.1, 0.15) is 62.4 Å². The second-order valence-electron chi connectivity index (χ2n) is 7.74. The molecule has 0 atom stereocenters. The Labute approximate surface area is 157 Å². The zero-order valence-corrected chi connectivity index (χ0v) is 16.7. The largest absolute Gasteiger partial charge is 0.496 e. The molecular weight excluding hydrogens is 328 g/mol. The van der Waals surface area contributed by atoms with Crippen LogP contribution >= 0.6 is 0 Å². The molecule has 0 aliphatic carbocycles. The molecule has 2 amide bonds. The molecule has 1 saturated heterocycles. The Morgan fingerprint density at radius 2 is 1.69 bits per heavy atom. The van der Waals surface area contributed by atoms with Crippen molar-refractivity contribution in [2.24, 2.45) is 5.92 Å². The van der Waals surface area contributed by atoms with E-state index in [1.807, 2.05) is 28.0 Å². The first-order chi connectivity index (χ1) is 12.3. The molecule has 0 radical (unpaired) electrons. The average molecular weight is 360 g/mol. The van der Waals surface area contributed by atoms with Crippen LogP contribution in [0.3, 0.4) is 0 Å². The van der Waals surface area contributed by atoms with Gasteiger partial charge in [0.2, 0.25) is 5.91 Å². The van der Waals surface area contributed by atoms with E-state index in [0.29, 0.717) is 37.5 Å². The number of hydrogen-bond acceptors (Lipinski definition) is 3. The van der Waals surface area contributed by atoms with Gasteiger partial charge in [-0.05, 0) is 42.0 Å². The van der Waals surface area contributed by atoms with E-state index in [1.165, 1.54) is 0 Å². The molecule has 0 unspecified atom stereocenters. The van der Waals surface area contributed by atoms with Gasteiger partial charge in [-0.3, -0.25) is 9.59 Å². The number of carbonyl (C=O) groups excluding carboxylic acids is 2. The van der Waals surface area contributed by atoms with Crippen molar-refractivity contribution in [3.8, 4) is 5.75 Å². The SMILES string of the molecule is COc1ccc(C(=O)N2CCCN(C(=O)CC(C)C)CC2)cc1C(C)C. The lowest BCUT2D eigenvalue weighted by molar-refractivity contribution is -0.131. The summed E-state index contributed by atoms with van der Waals surface area (Å²) in [4.78, 5) is 29.0. The molecule has 5 nitrogen and oxygen atoms in total. The van der Waals surface area contributed by atoms with Gasteiger partial charge < -0.3 is 14.5 Å². The van der Waals surface area contributed by atoms with Gasteiger partial charge in [0, 0.05) is 38.2 Å². The highest BCUT2D eigenvalue weighted by molar-refractivity contribution is 5.94. The molecule has 1 aromatic carbocycles. The lowest BCUT2D eigenvalue weighted by Gasteiger charge is -2.23. The predicted molar refractivity (Wildman–Crippen MR) is 104 cm³/mol. The van der Waals surface area contributed by atoms with Crippen molar-refractivity contribution < 1.29 is 14.3 Å². The third kappa shape index (κ3) is 4.99. The number of rotatable bonds is 5. The van der Waals surface area contributed by atoms with Crippen LogP contribution in [0.25, 0.3) is 0 Å². The standard InChI is InChI=1S/C21H32N2O3/c1-15(2)13-20(24)22-9-6-10-23(12-11-22)21(25)17-7-8-19(26-5)18(14-17)16(3)4/h7-8,14-16H,6,9-13H2,1-5H3. The molecule has 1 aliphatic rings. The molecule has 0 saturated carbocycles. The molecule has 0 aromatic heterocycles. The normalized spacial score (nSPS) is 15.3. The number of benzene rings is 1. The Balaban J connectivity index is 2.08. The maximum absolute atomic E-state index is 13.0. The Kier molecular flexibility index (Phi) is 7.06. The summed E-state index contributed by atoms with van der Waals surface area (Å²) in [6, 6.07) is 5.65. The van der Waals surface area contributed by atoms with Gasteiger partial charge in [0.25, 0.3) is 5.91 Å². The van der Waals surface area contributed by atoms with Gasteiger partial charge in [0.1, 0.15) is 5.75 Å². The van der Waals surface area contributed by atoms with Crippen LogP contribution in [0.15, 0.2) is 18.2 Å². The van der Waals surface area contributed by atoms with E-state index >= 15 is 0 Å². The van der Waals surface area contributed by atoms with Crippen LogP contribution in [0.4, 0.5) is 0 Å². The number of nitrogens with zero attached hydrogens (tertiary/aromatic N) is 2. The molecular formula is C21H32N2O3. The molecule has 144 valence electrons. The van der Waals surface area contributed by atoms with Gasteiger partial charge in [-0.2, -0.15) is 0 Å². The molecule has 1 aliphatic heterocycles. The molecule has 26 heavy (non-hydrogen) atoms. The van der Waals surface area contributed by atoms with Crippen LogP contribution in [-0.4, -0.2) is 54.9 Å². The molecule has 0 N–H and O–H groups in total. The van der Waals surface area contributed by atoms with E-state index in [1.54, 1.807) is 7.11 Å². The zero-order chi connectivity index (χ0) is 19.3. The van der Waals surface area contributed by atoms with Gasteiger partial charge in [0.15, 0.2) is 0 Å². The minimum atomic E-state index is 0.0349. The highest BCUT2D eigenvalue weighted by Crippen LogP contribution is 2.28. The number of amides is 2. The second kappa shape index (κ2) is 9.06. The third-order valence-corrected chi connectivity index (χ3v) is 4.82. The third-order valence-electron chi connectivity index (χ3n) is 4.82. The van der Waals surface area contributed by atoms with Crippen LogP contribution in [-0.2, 0) is 4.79 Å². The van der Waals surface area contributed by atoms with Crippen LogP contribution in [0.5, 0.6) is 5.75 Å². The summed E-state index contributed by atoms with van der Waals surface area (Å²) in [5.41, 5.74) is 1.73. The minimum absolute atomic E-state index is 0.0349. The quantitative estimate of drug-likeness (QED) is 0.807. The van der Waals surface area contributed by atoms with Crippen molar-refractivity contribution in [3.05, 3.63) is 29.3 Å². The van der Waals surface area contributed by atoms with Crippen LogP contribution < -0.4 is 4.74 Å². The van der Waals surface area contributed by atoms with Crippen LogP contribution in [0.2, 0.25) is 0 Å². The Bertz CT molecular complexity index is 640. The number of carbonyl (C=O) groups is 2. The first-order valence-electron chi connectivity index (χ1n) is 9.58. The van der Waals surface area contributed by atoms with Crippen molar-refractivity contribution in [1.82, 2.24) is 9.80 Å². The average Bonchev–Trinajstić information content (AvgIpc) is 2.86. The fourth-order valence-corrected chi connectivity index (χ4v) is 3.35. The minimum Gasteiger partial charge on any atom is -0.496 e. The molecule has 5 heteroatoms. The molecule has 0 bridgehead atoms. The number of methoxy groups -OCH3 is 1. The summed E-state index contributed by atoms with van der Waals surface area (Å²) in [6.45, 7) is 10.9. The summed E-state index contributed by atoms with van der Waals surface area (Å²) in [5.74, 6) is 1.69. The van der Waals surface area contributed by atoms with Crippen molar-refractivity contribution in [2.45, 2.75) is 46.5 Å². The van der Waals surface area contributed by atoms with E-state index in [9.17, 15) is 9.59 Å². The predicted octanol–water partition coefficient (Wildman–Crippen LogP) is 3.54. The Morgan fingerprint density at radius 1 is 1.04 bits per heavy atom. The van der Waals surface area contributed by atoms with E-state index in [4.69, 9.17) is 4.74 Å². The van der Waals surface area contributed by atoms with Gasteiger partial charge in [-0.25, -0.2) is 0 Å². The Morgan fingerprint density at radius 3 is 2.31 bits per heavy atom. The van der Waals surface area contributed by atoms with Gasteiger partial charge in [-0.15, -0.1) is 0 Å². The van der Waals surface area contributed by atoms with E-state index < -0.39 is 0 Å². The van der Waals surface area contributed by atoms with Crippen LogP contribution in [0, 0.1) is 5.92 Å². The summed E-state index contributed by atoms with van der Waals surface area (Å²) in [5, 5.41) is 0. The summed E-state index contributed by atoms with van der Waals surface area (Å²) in [7, 11) is 1.65. The topological polar surface area (TPSA) is 49.9 Å². The lowest BCUT2D eigenvalue weighted by Crippen LogP contribution is -2.37. The fraction of sp³-hybridized carbons (Fsp3) is 0.619. The fourth-order valence-electron chi connectivity index (χ4n) is 3.35.